The van der Waals surface area contributed by atoms with Crippen LogP contribution in [-0.2, 0) is 0 Å². The number of aromatic nitrogens is 1. The minimum Gasteiger partial charge on any atom is -0.242 e. The molecule has 0 aromatic carbocycles. The highest BCUT2D eigenvalue weighted by Crippen LogP contribution is 2.15. The average molecular weight is 199 g/mol. The molecule has 0 fully saturated rings. The maximum Gasteiger partial charge on any atom is 0.102 e. The number of nitrogens with zero attached hydrogens (tertiary/aromatic N) is 1. The molecule has 0 saturated carbocycles. The van der Waals surface area contributed by atoms with E-state index in [-0.39, 0.29) is 5.83 Å². The lowest BCUT2D eigenvalue weighted by molar-refractivity contribution is 0.577. The number of hydrogen-bond donors (Lipinski definition) is 0. The van der Waals surface area contributed by atoms with Gasteiger partial charge in [0.1, 0.15) is 5.83 Å². The van der Waals surface area contributed by atoms with Gasteiger partial charge in [0, 0.05) is 5.38 Å². The third kappa shape index (κ3) is 3.68. The van der Waals surface area contributed by atoms with Crippen LogP contribution in [0.3, 0.4) is 0 Å². The van der Waals surface area contributed by atoms with Crippen molar-refractivity contribution in [1.29, 1.82) is 0 Å². The van der Waals surface area contributed by atoms with Crippen molar-refractivity contribution in [3.05, 3.63) is 21.9 Å². The van der Waals surface area contributed by atoms with Gasteiger partial charge in [-0.15, -0.1) is 11.3 Å². The van der Waals surface area contributed by atoms with Crippen molar-refractivity contribution < 1.29 is 4.39 Å². The van der Waals surface area contributed by atoms with Crippen LogP contribution in [0.2, 0.25) is 0 Å². The molecular weight excluding hydrogens is 185 g/mol. The van der Waals surface area contributed by atoms with Crippen molar-refractivity contribution in [1.82, 2.24) is 4.98 Å². The summed E-state index contributed by atoms with van der Waals surface area (Å²) in [5.41, 5.74) is 0.746. The molecule has 0 N–H and O–H groups in total. The summed E-state index contributed by atoms with van der Waals surface area (Å²) in [5, 5.41) is 2.86. The Morgan fingerprint density at radius 1 is 1.69 bits per heavy atom. The second kappa shape index (κ2) is 5.12. The van der Waals surface area contributed by atoms with Crippen LogP contribution < -0.4 is 0 Å². The first-order chi connectivity index (χ1) is 6.22. The monoisotopic (exact) mass is 199 g/mol. The number of halogens is 1. The van der Waals surface area contributed by atoms with Gasteiger partial charge in [0.05, 0.1) is 10.7 Å². The van der Waals surface area contributed by atoms with Crippen molar-refractivity contribution in [2.75, 3.05) is 0 Å². The van der Waals surface area contributed by atoms with Crippen LogP contribution in [0.15, 0.2) is 11.2 Å². The van der Waals surface area contributed by atoms with E-state index >= 15 is 0 Å². The molecule has 72 valence electrons. The highest BCUT2D eigenvalue weighted by atomic mass is 32.1. The molecule has 1 heterocycles. The van der Waals surface area contributed by atoms with Gasteiger partial charge in [0.25, 0.3) is 0 Å². The van der Waals surface area contributed by atoms with Crippen LogP contribution in [0.25, 0.3) is 6.08 Å². The number of thiazole rings is 1. The Hall–Kier alpha value is -0.700. The number of hydrogen-bond acceptors (Lipinski definition) is 2. The van der Waals surface area contributed by atoms with E-state index in [1.807, 2.05) is 12.3 Å². The van der Waals surface area contributed by atoms with Crippen LogP contribution in [-0.4, -0.2) is 4.98 Å². The molecule has 0 atom stereocenters. The van der Waals surface area contributed by atoms with Crippen molar-refractivity contribution in [3.63, 3.8) is 0 Å². The molecule has 0 saturated heterocycles. The van der Waals surface area contributed by atoms with E-state index < -0.39 is 0 Å². The molecule has 0 unspecified atom stereocenters. The van der Waals surface area contributed by atoms with E-state index in [0.29, 0.717) is 6.42 Å². The van der Waals surface area contributed by atoms with Crippen molar-refractivity contribution in [2.24, 2.45) is 0 Å². The zero-order valence-corrected chi connectivity index (χ0v) is 8.83. The van der Waals surface area contributed by atoms with Crippen LogP contribution in [0.5, 0.6) is 0 Å². The van der Waals surface area contributed by atoms with Gasteiger partial charge in [0.15, 0.2) is 0 Å². The smallest absolute Gasteiger partial charge is 0.102 e. The lowest BCUT2D eigenvalue weighted by Crippen LogP contribution is -1.77. The summed E-state index contributed by atoms with van der Waals surface area (Å²) >= 11 is 1.55. The molecule has 0 amide bonds. The van der Waals surface area contributed by atoms with E-state index in [1.54, 1.807) is 11.3 Å². The number of aryl methyl sites for hydroxylation is 1. The number of allylic oxidation sites excluding steroid dienone is 1. The van der Waals surface area contributed by atoms with Crippen molar-refractivity contribution in [2.45, 2.75) is 33.1 Å². The van der Waals surface area contributed by atoms with E-state index in [9.17, 15) is 4.39 Å². The first-order valence-electron chi connectivity index (χ1n) is 4.50. The largest absolute Gasteiger partial charge is 0.242 e. The number of unbranched alkanes of at least 4 members (excludes halogenated alkanes) is 1. The lowest BCUT2D eigenvalue weighted by atomic mass is 10.2. The predicted molar refractivity (Wildman–Crippen MR) is 55.5 cm³/mol. The molecule has 1 aromatic rings. The second-order valence-electron chi connectivity index (χ2n) is 2.99. The molecule has 1 rings (SSSR count). The topological polar surface area (TPSA) is 12.9 Å². The van der Waals surface area contributed by atoms with Gasteiger partial charge in [-0.1, -0.05) is 13.3 Å². The fourth-order valence-electron chi connectivity index (χ4n) is 1.02. The molecular formula is C10H14FNS. The molecule has 0 spiro atoms. The fourth-order valence-corrected chi connectivity index (χ4v) is 1.59. The molecule has 0 aliphatic heterocycles. The second-order valence-corrected chi connectivity index (χ2v) is 4.05. The third-order valence-corrected chi connectivity index (χ3v) is 2.50. The van der Waals surface area contributed by atoms with Gasteiger partial charge < -0.3 is 0 Å². The van der Waals surface area contributed by atoms with Gasteiger partial charge in [-0.05, 0) is 25.8 Å². The summed E-state index contributed by atoms with van der Waals surface area (Å²) < 4.78 is 13.1. The van der Waals surface area contributed by atoms with Crippen LogP contribution in [0.4, 0.5) is 4.39 Å². The van der Waals surface area contributed by atoms with Crippen molar-refractivity contribution >= 4 is 17.4 Å². The molecule has 3 heteroatoms. The maximum atomic E-state index is 13.1. The first kappa shape index (κ1) is 10.4. The summed E-state index contributed by atoms with van der Waals surface area (Å²) in [6, 6.07) is 0. The van der Waals surface area contributed by atoms with Crippen LogP contribution in [0, 0.1) is 6.92 Å². The molecule has 1 nitrogen and oxygen atoms in total. The maximum absolute atomic E-state index is 13.1. The SMILES string of the molecule is CCCC/C(F)=C/c1csc(C)n1. The Morgan fingerprint density at radius 3 is 3.00 bits per heavy atom. The summed E-state index contributed by atoms with van der Waals surface area (Å²) in [4.78, 5) is 4.16. The summed E-state index contributed by atoms with van der Waals surface area (Å²) in [7, 11) is 0. The summed E-state index contributed by atoms with van der Waals surface area (Å²) in [5.74, 6) is -0.0628. The van der Waals surface area contributed by atoms with Gasteiger partial charge in [-0.2, -0.15) is 0 Å². The minimum absolute atomic E-state index is 0.0628. The fraction of sp³-hybridized carbons (Fsp3) is 0.500. The quantitative estimate of drug-likeness (QED) is 0.715. The van der Waals surface area contributed by atoms with Gasteiger partial charge in [-0.3, -0.25) is 0 Å². The van der Waals surface area contributed by atoms with Crippen molar-refractivity contribution in [3.8, 4) is 0 Å². The zero-order chi connectivity index (χ0) is 9.68. The normalized spacial score (nSPS) is 12.1. The Labute approximate surface area is 82.3 Å². The highest BCUT2D eigenvalue weighted by molar-refractivity contribution is 7.09. The Balaban J connectivity index is 2.54. The summed E-state index contributed by atoms with van der Waals surface area (Å²) in [6.07, 6.45) is 4.00. The predicted octanol–water partition coefficient (Wildman–Crippen LogP) is 3.95. The van der Waals surface area contributed by atoms with Gasteiger partial charge in [-0.25, -0.2) is 9.37 Å². The Kier molecular flexibility index (Phi) is 4.09. The third-order valence-electron chi connectivity index (χ3n) is 1.71. The standard InChI is InChI=1S/C10H14FNS/c1-3-4-5-9(11)6-10-7-13-8(2)12-10/h6-7H,3-5H2,1-2H3/b9-6-. The lowest BCUT2D eigenvalue weighted by Gasteiger charge is -1.93. The average Bonchev–Trinajstić information content (AvgIpc) is 2.48. The Morgan fingerprint density at radius 2 is 2.46 bits per heavy atom. The van der Waals surface area contributed by atoms with Crippen LogP contribution >= 0.6 is 11.3 Å². The molecule has 0 bridgehead atoms. The molecule has 13 heavy (non-hydrogen) atoms. The molecule has 0 aliphatic rings. The zero-order valence-electron chi connectivity index (χ0n) is 8.01. The molecule has 1 aromatic heterocycles. The van der Waals surface area contributed by atoms with E-state index in [4.69, 9.17) is 0 Å². The van der Waals surface area contributed by atoms with Crippen LogP contribution in [0.1, 0.15) is 36.9 Å². The Bertz CT molecular complexity index is 291. The van der Waals surface area contributed by atoms with Gasteiger partial charge >= 0.3 is 0 Å². The molecule has 0 radical (unpaired) electrons. The van der Waals surface area contributed by atoms with E-state index in [2.05, 4.69) is 11.9 Å². The van der Waals surface area contributed by atoms with Gasteiger partial charge in [0.2, 0.25) is 0 Å². The highest BCUT2D eigenvalue weighted by Gasteiger charge is 1.98. The first-order valence-corrected chi connectivity index (χ1v) is 5.38. The molecule has 0 aliphatic carbocycles. The van der Waals surface area contributed by atoms with E-state index in [0.717, 1.165) is 23.5 Å². The van der Waals surface area contributed by atoms with E-state index in [1.165, 1.54) is 6.08 Å². The minimum atomic E-state index is -0.0628. The number of rotatable bonds is 4. The summed E-state index contributed by atoms with van der Waals surface area (Å²) in [6.45, 7) is 3.98.